The molecule has 0 bridgehead atoms. The molecule has 1 aliphatic heterocycles. The van der Waals surface area contributed by atoms with Crippen molar-refractivity contribution in [2.24, 2.45) is 0 Å². The van der Waals surface area contributed by atoms with E-state index in [1.165, 1.54) is 20.1 Å². The van der Waals surface area contributed by atoms with Crippen LogP contribution in [0.3, 0.4) is 0 Å². The summed E-state index contributed by atoms with van der Waals surface area (Å²) in [4.78, 5) is 34.7. The van der Waals surface area contributed by atoms with Crippen LogP contribution in [-0.4, -0.2) is 41.9 Å². The molecule has 1 saturated heterocycles. The Morgan fingerprint density at radius 1 is 1.43 bits per heavy atom. The van der Waals surface area contributed by atoms with Crippen molar-refractivity contribution in [3.8, 4) is 0 Å². The summed E-state index contributed by atoms with van der Waals surface area (Å²) in [6.45, 7) is 2.64. The molecule has 7 nitrogen and oxygen atoms in total. The summed E-state index contributed by atoms with van der Waals surface area (Å²) in [7, 11) is 1.24. The fraction of sp³-hybridized carbons (Fsp3) is 0.429. The minimum absolute atomic E-state index is 0.00283. The molecule has 1 amide bonds. The molecule has 21 heavy (non-hydrogen) atoms. The maximum atomic E-state index is 11.3. The predicted molar refractivity (Wildman–Crippen MR) is 73.8 cm³/mol. The molecule has 0 saturated carbocycles. The number of esters is 1. The third-order valence-corrected chi connectivity index (χ3v) is 3.67. The second-order valence-electron chi connectivity index (χ2n) is 5.02. The molecule has 0 unspecified atom stereocenters. The Morgan fingerprint density at radius 2 is 2.10 bits per heavy atom. The van der Waals surface area contributed by atoms with Crippen molar-refractivity contribution in [1.82, 2.24) is 4.90 Å². The maximum absolute atomic E-state index is 11.3. The van der Waals surface area contributed by atoms with Crippen LogP contribution in [0.2, 0.25) is 0 Å². The van der Waals surface area contributed by atoms with Crippen LogP contribution in [0.5, 0.6) is 0 Å². The van der Waals surface area contributed by atoms with Crippen molar-refractivity contribution in [1.29, 1.82) is 0 Å². The Hall–Kier alpha value is -2.44. The molecule has 0 spiro atoms. The van der Waals surface area contributed by atoms with Gasteiger partial charge in [0.1, 0.15) is 0 Å². The average Bonchev–Trinajstić information content (AvgIpc) is 2.37. The average molecular weight is 292 g/mol. The van der Waals surface area contributed by atoms with Crippen molar-refractivity contribution in [2.75, 3.05) is 20.2 Å². The van der Waals surface area contributed by atoms with E-state index in [4.69, 9.17) is 0 Å². The zero-order valence-electron chi connectivity index (χ0n) is 11.9. The Labute approximate surface area is 121 Å². The van der Waals surface area contributed by atoms with Crippen LogP contribution in [0, 0.1) is 10.1 Å². The molecule has 1 heterocycles. The fourth-order valence-corrected chi connectivity index (χ4v) is 2.33. The van der Waals surface area contributed by atoms with Crippen LogP contribution in [0.4, 0.5) is 5.69 Å². The molecular formula is C14H16N2O5. The van der Waals surface area contributed by atoms with Gasteiger partial charge in [-0.15, -0.1) is 0 Å². The fourth-order valence-electron chi connectivity index (χ4n) is 2.33. The molecule has 1 fully saturated rings. The minimum atomic E-state index is -0.516. The van der Waals surface area contributed by atoms with Crippen LogP contribution in [0.15, 0.2) is 18.2 Å². The lowest BCUT2D eigenvalue weighted by Crippen LogP contribution is -2.47. The first-order chi connectivity index (χ1) is 9.92. The van der Waals surface area contributed by atoms with Gasteiger partial charge in [-0.2, -0.15) is 0 Å². The number of likely N-dealkylation sites (tertiary alicyclic amines) is 1. The van der Waals surface area contributed by atoms with Crippen LogP contribution in [0.1, 0.15) is 24.0 Å². The van der Waals surface area contributed by atoms with E-state index in [1.54, 1.807) is 17.0 Å². The standard InChI is InChI=1S/C14H16N2O5/c1-9(17)15-7-12(8-15)10-3-4-11(6-14(18)21-2)13(5-10)16(19)20/h3-5,12H,6-8H2,1-2H3. The highest BCUT2D eigenvalue weighted by Gasteiger charge is 2.31. The number of carbonyl (C=O) groups is 2. The van der Waals surface area contributed by atoms with Gasteiger partial charge in [0.05, 0.1) is 18.5 Å². The molecule has 0 aromatic heterocycles. The Kier molecular flexibility index (Phi) is 4.21. The Morgan fingerprint density at radius 3 is 2.62 bits per heavy atom. The number of hydrogen-bond acceptors (Lipinski definition) is 5. The normalized spacial score (nSPS) is 14.5. The van der Waals surface area contributed by atoms with Gasteiger partial charge >= 0.3 is 5.97 Å². The monoisotopic (exact) mass is 292 g/mol. The Balaban J connectivity index is 2.19. The largest absolute Gasteiger partial charge is 0.469 e. The van der Waals surface area contributed by atoms with Gasteiger partial charge in [-0.25, -0.2) is 0 Å². The molecule has 0 aliphatic carbocycles. The number of methoxy groups -OCH3 is 1. The smallest absolute Gasteiger partial charge is 0.310 e. The van der Waals surface area contributed by atoms with Crippen LogP contribution in [0.25, 0.3) is 0 Å². The summed E-state index contributed by atoms with van der Waals surface area (Å²) in [6.07, 6.45) is -0.128. The first kappa shape index (κ1) is 15.0. The summed E-state index contributed by atoms with van der Waals surface area (Å²) in [5, 5.41) is 11.1. The third-order valence-electron chi connectivity index (χ3n) is 3.67. The van der Waals surface area contributed by atoms with E-state index in [0.29, 0.717) is 18.7 Å². The van der Waals surface area contributed by atoms with Gasteiger partial charge in [0.15, 0.2) is 0 Å². The zero-order chi connectivity index (χ0) is 15.6. The lowest BCUT2D eigenvalue weighted by Gasteiger charge is -2.38. The third kappa shape index (κ3) is 3.18. The van der Waals surface area contributed by atoms with Crippen molar-refractivity contribution in [3.05, 3.63) is 39.4 Å². The molecule has 1 aromatic rings. The number of hydrogen-bond donors (Lipinski definition) is 0. The van der Waals surface area contributed by atoms with E-state index in [9.17, 15) is 19.7 Å². The SMILES string of the molecule is COC(=O)Cc1ccc(C2CN(C(C)=O)C2)cc1[N+](=O)[O-]. The van der Waals surface area contributed by atoms with Crippen LogP contribution >= 0.6 is 0 Å². The number of nitro benzene ring substituents is 1. The van der Waals surface area contributed by atoms with Gasteiger partial charge in [0.2, 0.25) is 5.91 Å². The number of benzene rings is 1. The summed E-state index contributed by atoms with van der Waals surface area (Å²) < 4.78 is 4.53. The highest BCUT2D eigenvalue weighted by atomic mass is 16.6. The van der Waals surface area contributed by atoms with E-state index >= 15 is 0 Å². The lowest BCUT2D eigenvalue weighted by molar-refractivity contribution is -0.385. The molecule has 7 heteroatoms. The summed E-state index contributed by atoms with van der Waals surface area (Å²) >= 11 is 0. The highest BCUT2D eigenvalue weighted by Crippen LogP contribution is 2.31. The van der Waals surface area contributed by atoms with E-state index in [0.717, 1.165) is 5.56 Å². The van der Waals surface area contributed by atoms with Gasteiger partial charge in [-0.3, -0.25) is 19.7 Å². The van der Waals surface area contributed by atoms with Crippen molar-refractivity contribution in [3.63, 3.8) is 0 Å². The molecule has 0 N–H and O–H groups in total. The van der Waals surface area contributed by atoms with Crippen LogP contribution in [-0.2, 0) is 20.7 Å². The molecule has 112 valence electrons. The number of amides is 1. The first-order valence-electron chi connectivity index (χ1n) is 6.52. The molecule has 1 aromatic carbocycles. The Bertz CT molecular complexity index is 593. The number of ether oxygens (including phenoxy) is 1. The van der Waals surface area contributed by atoms with Crippen molar-refractivity contribution < 1.29 is 19.2 Å². The molecule has 2 rings (SSSR count). The van der Waals surface area contributed by atoms with Gasteiger partial charge in [-0.05, 0) is 5.56 Å². The number of nitrogens with zero attached hydrogens (tertiary/aromatic N) is 2. The van der Waals surface area contributed by atoms with E-state index in [2.05, 4.69) is 4.74 Å². The molecule has 0 radical (unpaired) electrons. The van der Waals surface area contributed by atoms with Crippen molar-refractivity contribution in [2.45, 2.75) is 19.3 Å². The van der Waals surface area contributed by atoms with E-state index in [-0.39, 0.29) is 23.9 Å². The lowest BCUT2D eigenvalue weighted by atomic mass is 9.90. The first-order valence-corrected chi connectivity index (χ1v) is 6.52. The minimum Gasteiger partial charge on any atom is -0.469 e. The van der Waals surface area contributed by atoms with Gasteiger partial charge < -0.3 is 9.64 Å². The van der Waals surface area contributed by atoms with Gasteiger partial charge in [0.25, 0.3) is 5.69 Å². The zero-order valence-corrected chi connectivity index (χ0v) is 11.9. The summed E-state index contributed by atoms with van der Waals surface area (Å²) in [5.41, 5.74) is 1.06. The summed E-state index contributed by atoms with van der Waals surface area (Å²) in [6, 6.07) is 4.84. The topological polar surface area (TPSA) is 89.8 Å². The molecule has 1 aliphatic rings. The number of carbonyl (C=O) groups excluding carboxylic acids is 2. The van der Waals surface area contributed by atoms with Gasteiger partial charge in [-0.1, -0.05) is 12.1 Å². The second kappa shape index (κ2) is 5.90. The van der Waals surface area contributed by atoms with E-state index < -0.39 is 10.9 Å². The second-order valence-corrected chi connectivity index (χ2v) is 5.02. The van der Waals surface area contributed by atoms with Crippen LogP contribution < -0.4 is 0 Å². The van der Waals surface area contributed by atoms with E-state index in [1.807, 2.05) is 0 Å². The molecular weight excluding hydrogens is 276 g/mol. The number of nitro groups is 1. The maximum Gasteiger partial charge on any atom is 0.310 e. The number of rotatable bonds is 4. The predicted octanol–water partition coefficient (Wildman–Crippen LogP) is 1.26. The van der Waals surface area contributed by atoms with Gasteiger partial charge in [0, 0.05) is 37.6 Å². The summed E-state index contributed by atoms with van der Waals surface area (Å²) in [5.74, 6) is -0.403. The quantitative estimate of drug-likeness (QED) is 0.473. The molecule has 0 atom stereocenters. The highest BCUT2D eigenvalue weighted by molar-refractivity contribution is 5.75. The van der Waals surface area contributed by atoms with Crippen molar-refractivity contribution >= 4 is 17.6 Å².